The fourth-order valence-electron chi connectivity index (χ4n) is 3.25. The van der Waals surface area contributed by atoms with Crippen molar-refractivity contribution in [1.82, 2.24) is 10.2 Å². The van der Waals surface area contributed by atoms with Crippen LogP contribution in [0.25, 0.3) is 0 Å². The first-order chi connectivity index (χ1) is 15.2. The number of phenolic OH excluding ortho intramolecular Hbond substituents is 1. The summed E-state index contributed by atoms with van der Waals surface area (Å²) in [4.78, 5) is 26.8. The monoisotopic (exact) mass is 439 g/mol. The average molecular weight is 439 g/mol. The number of hydrogen-bond donors (Lipinski definition) is 3. The molecule has 0 radical (unpaired) electrons. The number of rotatable bonds is 7. The van der Waals surface area contributed by atoms with E-state index in [9.17, 15) is 23.5 Å². The van der Waals surface area contributed by atoms with Gasteiger partial charge in [0.05, 0.1) is 11.6 Å². The number of nitrogens with one attached hydrogen (secondary N) is 2. The van der Waals surface area contributed by atoms with Crippen LogP contribution in [0.15, 0.2) is 66.7 Å². The molecule has 8 heteroatoms. The molecule has 0 saturated heterocycles. The van der Waals surface area contributed by atoms with Crippen molar-refractivity contribution in [3.63, 3.8) is 0 Å². The number of anilines is 1. The first-order valence-corrected chi connectivity index (χ1v) is 9.84. The van der Waals surface area contributed by atoms with Gasteiger partial charge in [-0.1, -0.05) is 30.3 Å². The highest BCUT2D eigenvalue weighted by Gasteiger charge is 2.18. The second-order valence-electron chi connectivity index (χ2n) is 7.44. The van der Waals surface area contributed by atoms with E-state index < -0.39 is 23.4 Å². The van der Waals surface area contributed by atoms with Crippen molar-refractivity contribution in [3.8, 4) is 5.75 Å². The lowest BCUT2D eigenvalue weighted by Crippen LogP contribution is -2.34. The summed E-state index contributed by atoms with van der Waals surface area (Å²) in [6.45, 7) is 0.318. The molecule has 6 nitrogen and oxygen atoms in total. The third-order valence-corrected chi connectivity index (χ3v) is 4.89. The molecule has 0 spiro atoms. The highest BCUT2D eigenvalue weighted by molar-refractivity contribution is 6.05. The van der Waals surface area contributed by atoms with Gasteiger partial charge in [-0.05, 0) is 43.9 Å². The van der Waals surface area contributed by atoms with E-state index in [1.54, 1.807) is 0 Å². The number of nitrogens with zero attached hydrogens (tertiary/aromatic N) is 1. The normalized spacial score (nSPS) is 11.8. The number of aromatic hydroxyl groups is 1. The van der Waals surface area contributed by atoms with Crippen LogP contribution < -0.4 is 10.6 Å². The molecule has 1 atom stereocenters. The van der Waals surface area contributed by atoms with Crippen molar-refractivity contribution >= 4 is 17.5 Å². The minimum absolute atomic E-state index is 0.0327. The van der Waals surface area contributed by atoms with Crippen molar-refractivity contribution < 1.29 is 23.5 Å². The van der Waals surface area contributed by atoms with Gasteiger partial charge < -0.3 is 20.6 Å². The summed E-state index contributed by atoms with van der Waals surface area (Å²) in [6.07, 6.45) is 0. The van der Waals surface area contributed by atoms with Gasteiger partial charge in [0.25, 0.3) is 11.8 Å². The molecule has 0 fully saturated rings. The Balaban J connectivity index is 1.67. The largest absolute Gasteiger partial charge is 0.507 e. The third-order valence-electron chi connectivity index (χ3n) is 4.89. The molecule has 0 aliphatic heterocycles. The van der Waals surface area contributed by atoms with Gasteiger partial charge in [-0.15, -0.1) is 0 Å². The van der Waals surface area contributed by atoms with Crippen LogP contribution in [0.4, 0.5) is 14.5 Å². The van der Waals surface area contributed by atoms with Crippen LogP contribution in [0.2, 0.25) is 0 Å². The molecule has 0 aliphatic rings. The molecular weight excluding hydrogens is 416 g/mol. The lowest BCUT2D eigenvalue weighted by molar-refractivity contribution is 0.0938. The van der Waals surface area contributed by atoms with Crippen LogP contribution in [0.1, 0.15) is 32.3 Å². The molecule has 3 N–H and O–H groups in total. The van der Waals surface area contributed by atoms with Gasteiger partial charge in [0.1, 0.15) is 17.4 Å². The van der Waals surface area contributed by atoms with Crippen LogP contribution in [-0.2, 0) is 0 Å². The van der Waals surface area contributed by atoms with E-state index in [2.05, 4.69) is 10.6 Å². The molecule has 0 bridgehead atoms. The van der Waals surface area contributed by atoms with Gasteiger partial charge in [0.2, 0.25) is 0 Å². The van der Waals surface area contributed by atoms with Gasteiger partial charge >= 0.3 is 0 Å². The van der Waals surface area contributed by atoms with Crippen molar-refractivity contribution in [3.05, 3.63) is 95.1 Å². The van der Waals surface area contributed by atoms with Crippen molar-refractivity contribution in [2.75, 3.05) is 26.0 Å². The molecule has 2 amide bonds. The van der Waals surface area contributed by atoms with Gasteiger partial charge in [-0.2, -0.15) is 0 Å². The predicted octanol–water partition coefficient (Wildman–Crippen LogP) is 3.96. The van der Waals surface area contributed by atoms with Gasteiger partial charge in [-0.25, -0.2) is 8.78 Å². The Morgan fingerprint density at radius 2 is 1.59 bits per heavy atom. The molecule has 0 saturated carbocycles. The van der Waals surface area contributed by atoms with E-state index in [1.807, 2.05) is 49.3 Å². The maximum Gasteiger partial charge on any atom is 0.255 e. The van der Waals surface area contributed by atoms with E-state index in [0.717, 1.165) is 17.7 Å². The van der Waals surface area contributed by atoms with Crippen molar-refractivity contribution in [2.45, 2.75) is 6.04 Å². The highest BCUT2D eigenvalue weighted by Crippen LogP contribution is 2.23. The van der Waals surface area contributed by atoms with E-state index in [0.29, 0.717) is 12.6 Å². The van der Waals surface area contributed by atoms with E-state index in [-0.39, 0.29) is 28.6 Å². The number of carbonyl (C=O) groups is 2. The van der Waals surface area contributed by atoms with Gasteiger partial charge in [0.15, 0.2) is 0 Å². The Labute approximate surface area is 184 Å². The number of halogens is 2. The minimum Gasteiger partial charge on any atom is -0.507 e. The predicted molar refractivity (Wildman–Crippen MR) is 118 cm³/mol. The standard InChI is InChI=1S/C24H23F2N3O3/c1-29(2)21(15-6-4-3-5-7-15)14-27-24(32)20-9-8-19(13-22(20)30)28-23(31)16-10-17(25)12-18(26)11-16/h3-13,21,30H,14H2,1-2H3,(H,27,32)(H,28,31). The van der Waals surface area contributed by atoms with Crippen molar-refractivity contribution in [1.29, 1.82) is 0 Å². The number of hydrogen-bond acceptors (Lipinski definition) is 4. The third kappa shape index (κ3) is 5.67. The molecule has 3 aromatic carbocycles. The fraction of sp³-hybridized carbons (Fsp3) is 0.167. The second kappa shape index (κ2) is 10.0. The number of phenols is 1. The quantitative estimate of drug-likeness (QED) is 0.521. The first-order valence-electron chi connectivity index (χ1n) is 9.84. The fourth-order valence-corrected chi connectivity index (χ4v) is 3.25. The van der Waals surface area contributed by atoms with Crippen LogP contribution >= 0.6 is 0 Å². The maximum absolute atomic E-state index is 13.3. The minimum atomic E-state index is -0.878. The summed E-state index contributed by atoms with van der Waals surface area (Å²) in [5.41, 5.74) is 1.03. The van der Waals surface area contributed by atoms with Gasteiger partial charge in [0, 0.05) is 29.9 Å². The lowest BCUT2D eigenvalue weighted by atomic mass is 10.1. The highest BCUT2D eigenvalue weighted by atomic mass is 19.1. The molecule has 0 aliphatic carbocycles. The number of benzene rings is 3. The smallest absolute Gasteiger partial charge is 0.255 e. The Bertz CT molecular complexity index is 1100. The van der Waals surface area contributed by atoms with Crippen LogP contribution in [-0.4, -0.2) is 42.5 Å². The maximum atomic E-state index is 13.3. The molecule has 3 rings (SSSR count). The SMILES string of the molecule is CN(C)C(CNC(=O)c1ccc(NC(=O)c2cc(F)cc(F)c2)cc1O)c1ccccc1. The van der Waals surface area contributed by atoms with E-state index in [1.165, 1.54) is 18.2 Å². The second-order valence-corrected chi connectivity index (χ2v) is 7.44. The average Bonchev–Trinajstić information content (AvgIpc) is 2.73. The van der Waals surface area contributed by atoms with Crippen molar-refractivity contribution in [2.24, 2.45) is 0 Å². The number of amides is 2. The zero-order chi connectivity index (χ0) is 23.3. The molecule has 0 heterocycles. The summed E-state index contributed by atoms with van der Waals surface area (Å²) in [7, 11) is 3.81. The molecular formula is C24H23F2N3O3. The summed E-state index contributed by atoms with van der Waals surface area (Å²) in [6, 6.07) is 16.1. The lowest BCUT2D eigenvalue weighted by Gasteiger charge is -2.25. The molecule has 3 aromatic rings. The molecule has 1 unspecified atom stereocenters. The Hall–Kier alpha value is -3.78. The van der Waals surface area contributed by atoms with Crippen LogP contribution in [0, 0.1) is 11.6 Å². The van der Waals surface area contributed by atoms with Crippen LogP contribution in [0.3, 0.4) is 0 Å². The summed E-state index contributed by atoms with van der Waals surface area (Å²) in [5.74, 6) is -3.33. The van der Waals surface area contributed by atoms with E-state index in [4.69, 9.17) is 0 Å². The zero-order valence-electron chi connectivity index (χ0n) is 17.6. The number of likely N-dealkylation sites (N-methyl/N-ethyl adjacent to an activating group) is 1. The Morgan fingerprint density at radius 1 is 0.938 bits per heavy atom. The topological polar surface area (TPSA) is 81.7 Å². The van der Waals surface area contributed by atoms with Crippen LogP contribution in [0.5, 0.6) is 5.75 Å². The summed E-state index contributed by atoms with van der Waals surface area (Å²) in [5, 5.41) is 15.5. The molecule has 0 aromatic heterocycles. The zero-order valence-corrected chi connectivity index (χ0v) is 17.6. The first kappa shape index (κ1) is 22.9. The summed E-state index contributed by atoms with van der Waals surface area (Å²) < 4.78 is 26.6. The van der Waals surface area contributed by atoms with Gasteiger partial charge in [-0.3, -0.25) is 9.59 Å². The van der Waals surface area contributed by atoms with E-state index >= 15 is 0 Å². The Morgan fingerprint density at radius 3 is 2.19 bits per heavy atom. The Kier molecular flexibility index (Phi) is 7.17. The molecule has 32 heavy (non-hydrogen) atoms. The summed E-state index contributed by atoms with van der Waals surface area (Å²) >= 11 is 0. The number of carbonyl (C=O) groups excluding carboxylic acids is 2. The molecule has 166 valence electrons.